The molecule has 162 valence electrons. The van der Waals surface area contributed by atoms with E-state index in [0.29, 0.717) is 23.4 Å². The minimum absolute atomic E-state index is 0.106. The number of imide groups is 1. The number of nitrogens with two attached hydrogens (primary N) is 1. The van der Waals surface area contributed by atoms with Crippen LogP contribution in [0.5, 0.6) is 0 Å². The minimum Gasteiger partial charge on any atom is -0.381 e. The number of carbonyl (C=O) groups is 3. The van der Waals surface area contributed by atoms with E-state index in [2.05, 4.69) is 5.10 Å². The molecule has 2 saturated heterocycles. The lowest BCUT2D eigenvalue weighted by Crippen LogP contribution is -2.47. The van der Waals surface area contributed by atoms with Crippen molar-refractivity contribution in [2.45, 2.75) is 51.4 Å². The third kappa shape index (κ3) is 5.51. The number of amides is 3. The van der Waals surface area contributed by atoms with Crippen molar-refractivity contribution in [3.8, 4) is 0 Å². The second-order valence-corrected chi connectivity index (χ2v) is 9.26. The van der Waals surface area contributed by atoms with Gasteiger partial charge in [0.25, 0.3) is 0 Å². The molecule has 0 radical (unpaired) electrons. The van der Waals surface area contributed by atoms with Crippen molar-refractivity contribution in [2.75, 3.05) is 32.6 Å². The Bertz CT molecular complexity index is 642. The van der Waals surface area contributed by atoms with Crippen LogP contribution in [-0.4, -0.2) is 65.4 Å². The molecule has 1 unspecified atom stereocenters. The molecule has 8 nitrogen and oxygen atoms in total. The van der Waals surface area contributed by atoms with Crippen molar-refractivity contribution in [3.05, 3.63) is 0 Å². The van der Waals surface area contributed by atoms with E-state index in [-0.39, 0.29) is 17.8 Å². The first-order valence-corrected chi connectivity index (χ1v) is 11.7. The van der Waals surface area contributed by atoms with Gasteiger partial charge in [-0.2, -0.15) is 0 Å². The van der Waals surface area contributed by atoms with Crippen LogP contribution in [0.1, 0.15) is 51.4 Å². The Morgan fingerprint density at radius 2 is 1.72 bits per heavy atom. The fraction of sp³-hybridized carbons (Fsp3) is 0.800. The molecule has 2 heterocycles. The molecule has 0 spiro atoms. The molecular weight excluding hydrogens is 392 g/mol. The van der Waals surface area contributed by atoms with Gasteiger partial charge in [0.15, 0.2) is 5.17 Å². The fourth-order valence-corrected chi connectivity index (χ4v) is 5.67. The quantitative estimate of drug-likeness (QED) is 0.413. The average Bonchev–Trinajstić information content (AvgIpc) is 2.94. The van der Waals surface area contributed by atoms with Crippen molar-refractivity contribution in [1.82, 2.24) is 9.91 Å². The molecular formula is C20H32N4O4S. The lowest BCUT2D eigenvalue weighted by Gasteiger charge is -2.34. The van der Waals surface area contributed by atoms with Gasteiger partial charge >= 0.3 is 11.9 Å². The van der Waals surface area contributed by atoms with Gasteiger partial charge in [-0.15, -0.1) is 10.1 Å². The summed E-state index contributed by atoms with van der Waals surface area (Å²) in [5.41, 5.74) is 5.44. The van der Waals surface area contributed by atoms with Crippen LogP contribution in [0, 0.1) is 17.8 Å². The van der Waals surface area contributed by atoms with E-state index in [0.717, 1.165) is 50.8 Å². The Balaban J connectivity index is 1.83. The predicted octanol–water partition coefficient (Wildman–Crippen LogP) is 2.43. The zero-order chi connectivity index (χ0) is 20.8. The molecule has 2 aliphatic heterocycles. The highest BCUT2D eigenvalue weighted by Crippen LogP contribution is 2.38. The summed E-state index contributed by atoms with van der Waals surface area (Å²) < 4.78 is 5.48. The van der Waals surface area contributed by atoms with Crippen molar-refractivity contribution in [2.24, 2.45) is 28.6 Å². The standard InChI is InChI=1S/C20H32N4O4S/c1-23-10-13-29-20(23)22-24(19(21)27)18(26)17(25)16(15-8-11-28-12-9-15)14-6-4-2-3-5-7-14/h14-16H,2-13H2,1H3,(H2,21,27)/b22-20-. The Kier molecular flexibility index (Phi) is 7.94. The van der Waals surface area contributed by atoms with Gasteiger partial charge in [-0.05, 0) is 37.5 Å². The van der Waals surface area contributed by atoms with Crippen LogP contribution in [0.15, 0.2) is 5.10 Å². The second kappa shape index (κ2) is 10.4. The molecule has 3 rings (SSSR count). The summed E-state index contributed by atoms with van der Waals surface area (Å²) in [6.07, 6.45) is 7.93. The maximum Gasteiger partial charge on any atom is 0.343 e. The first kappa shape index (κ1) is 22.1. The molecule has 0 aromatic carbocycles. The smallest absolute Gasteiger partial charge is 0.343 e. The third-order valence-corrected chi connectivity index (χ3v) is 7.30. The van der Waals surface area contributed by atoms with E-state index >= 15 is 0 Å². The van der Waals surface area contributed by atoms with E-state index in [4.69, 9.17) is 10.5 Å². The number of amidine groups is 1. The van der Waals surface area contributed by atoms with Gasteiger partial charge in [0.05, 0.1) is 0 Å². The van der Waals surface area contributed by atoms with Gasteiger partial charge in [0, 0.05) is 38.5 Å². The summed E-state index contributed by atoms with van der Waals surface area (Å²) in [5, 5.41) is 5.25. The highest BCUT2D eigenvalue weighted by atomic mass is 32.2. The van der Waals surface area contributed by atoms with E-state index in [1.165, 1.54) is 24.6 Å². The number of urea groups is 1. The van der Waals surface area contributed by atoms with Crippen LogP contribution in [0.4, 0.5) is 4.79 Å². The van der Waals surface area contributed by atoms with Crippen LogP contribution >= 0.6 is 11.8 Å². The Morgan fingerprint density at radius 3 is 2.28 bits per heavy atom. The van der Waals surface area contributed by atoms with Crippen molar-refractivity contribution < 1.29 is 19.1 Å². The zero-order valence-electron chi connectivity index (χ0n) is 17.2. The lowest BCUT2D eigenvalue weighted by molar-refractivity contribution is -0.148. The van der Waals surface area contributed by atoms with Crippen molar-refractivity contribution in [3.63, 3.8) is 0 Å². The number of thioether (sulfide) groups is 1. The second-order valence-electron chi connectivity index (χ2n) is 8.20. The highest BCUT2D eigenvalue weighted by Gasteiger charge is 2.42. The lowest BCUT2D eigenvalue weighted by atomic mass is 9.72. The van der Waals surface area contributed by atoms with Crippen LogP contribution in [0.2, 0.25) is 0 Å². The van der Waals surface area contributed by atoms with E-state index < -0.39 is 17.7 Å². The third-order valence-electron chi connectivity index (χ3n) is 6.27. The summed E-state index contributed by atoms with van der Waals surface area (Å²) >= 11 is 1.44. The highest BCUT2D eigenvalue weighted by molar-refractivity contribution is 8.14. The van der Waals surface area contributed by atoms with Gasteiger partial charge in [-0.1, -0.05) is 37.4 Å². The number of hydrogen-bond acceptors (Lipinski definition) is 6. The number of Topliss-reactive ketones (excluding diaryl/α,β-unsaturated/α-hetero) is 1. The molecule has 0 aromatic rings. The first-order valence-electron chi connectivity index (χ1n) is 10.7. The Hall–Kier alpha value is -1.61. The molecule has 1 aliphatic carbocycles. The normalized spacial score (nSPS) is 24.3. The SMILES string of the molecule is CN1CCS/C1=N\N(C(N)=O)C(=O)C(=O)C(C1CCCCCC1)C1CCOCC1. The van der Waals surface area contributed by atoms with E-state index in [1.807, 2.05) is 11.9 Å². The van der Waals surface area contributed by atoms with E-state index in [9.17, 15) is 14.4 Å². The van der Waals surface area contributed by atoms with Crippen molar-refractivity contribution >= 4 is 34.7 Å². The monoisotopic (exact) mass is 424 g/mol. The number of primary amides is 1. The molecule has 0 bridgehead atoms. The van der Waals surface area contributed by atoms with E-state index in [1.54, 1.807) is 0 Å². The van der Waals surface area contributed by atoms with Crippen LogP contribution in [0.25, 0.3) is 0 Å². The summed E-state index contributed by atoms with van der Waals surface area (Å²) in [4.78, 5) is 40.4. The summed E-state index contributed by atoms with van der Waals surface area (Å²) in [6.45, 7) is 1.99. The number of nitrogens with zero attached hydrogens (tertiary/aromatic N) is 3. The minimum atomic E-state index is -1.01. The predicted molar refractivity (Wildman–Crippen MR) is 112 cm³/mol. The van der Waals surface area contributed by atoms with Gasteiger partial charge in [-0.3, -0.25) is 9.59 Å². The molecule has 3 aliphatic rings. The number of ether oxygens (including phenoxy) is 1. The van der Waals surface area contributed by atoms with Crippen molar-refractivity contribution in [1.29, 1.82) is 0 Å². The summed E-state index contributed by atoms with van der Waals surface area (Å²) in [7, 11) is 1.83. The number of hydrogen-bond donors (Lipinski definition) is 1. The number of rotatable bonds is 5. The fourth-order valence-electron chi connectivity index (χ4n) is 4.67. The summed E-state index contributed by atoms with van der Waals surface area (Å²) in [5.74, 6) is -0.710. The number of ketones is 1. The zero-order valence-corrected chi connectivity index (χ0v) is 18.0. The topological polar surface area (TPSA) is 105 Å². The molecule has 1 atom stereocenters. The largest absolute Gasteiger partial charge is 0.381 e. The molecule has 0 aromatic heterocycles. The van der Waals surface area contributed by atoms with Crippen LogP contribution < -0.4 is 5.73 Å². The maximum atomic E-state index is 13.4. The average molecular weight is 425 g/mol. The molecule has 2 N–H and O–H groups in total. The number of hydrazone groups is 1. The van der Waals surface area contributed by atoms with Gasteiger partial charge in [0.1, 0.15) is 0 Å². The Morgan fingerprint density at radius 1 is 1.10 bits per heavy atom. The first-order chi connectivity index (χ1) is 14.0. The Labute approximate surface area is 176 Å². The molecule has 9 heteroatoms. The summed E-state index contributed by atoms with van der Waals surface area (Å²) in [6, 6.07) is -1.01. The van der Waals surface area contributed by atoms with Crippen LogP contribution in [0.3, 0.4) is 0 Å². The molecule has 29 heavy (non-hydrogen) atoms. The van der Waals surface area contributed by atoms with Gasteiger partial charge < -0.3 is 15.4 Å². The van der Waals surface area contributed by atoms with Gasteiger partial charge in [-0.25, -0.2) is 4.79 Å². The molecule has 1 saturated carbocycles. The molecule has 3 fully saturated rings. The molecule has 3 amide bonds. The van der Waals surface area contributed by atoms with Crippen LogP contribution in [-0.2, 0) is 14.3 Å². The maximum absolute atomic E-state index is 13.4. The van der Waals surface area contributed by atoms with Gasteiger partial charge in [0.2, 0.25) is 5.78 Å². The number of carbonyl (C=O) groups excluding carboxylic acids is 3.